The van der Waals surface area contributed by atoms with Gasteiger partial charge in [-0.05, 0) is 6.92 Å². The van der Waals surface area contributed by atoms with Gasteiger partial charge in [0, 0.05) is 26.6 Å². The Labute approximate surface area is 116 Å². The van der Waals surface area contributed by atoms with Gasteiger partial charge in [0.15, 0.2) is 17.3 Å². The van der Waals surface area contributed by atoms with E-state index in [2.05, 4.69) is 20.1 Å². The topological polar surface area (TPSA) is 101 Å². The Morgan fingerprint density at radius 1 is 1.45 bits per heavy atom. The zero-order valence-electron chi connectivity index (χ0n) is 11.4. The van der Waals surface area contributed by atoms with Gasteiger partial charge in [-0.25, -0.2) is 9.97 Å². The Kier molecular flexibility index (Phi) is 4.22. The van der Waals surface area contributed by atoms with Crippen molar-refractivity contribution in [3.63, 3.8) is 0 Å². The van der Waals surface area contributed by atoms with Gasteiger partial charge < -0.3 is 14.2 Å². The molecule has 2 aromatic rings. The second-order valence-electron chi connectivity index (χ2n) is 4.12. The highest BCUT2D eigenvalue weighted by molar-refractivity contribution is 5.48. The molecule has 0 saturated carbocycles. The summed E-state index contributed by atoms with van der Waals surface area (Å²) in [5.41, 5.74) is 0.250. The van der Waals surface area contributed by atoms with Gasteiger partial charge in [-0.15, -0.1) is 0 Å². The Morgan fingerprint density at radius 3 is 2.90 bits per heavy atom. The average molecular weight is 274 g/mol. The first kappa shape index (κ1) is 13.9. The van der Waals surface area contributed by atoms with Crippen molar-refractivity contribution >= 4 is 5.82 Å². The van der Waals surface area contributed by atoms with E-state index in [4.69, 9.17) is 14.5 Å². The molecule has 2 heterocycles. The maximum absolute atomic E-state index is 9.00. The van der Waals surface area contributed by atoms with Crippen LogP contribution in [0.25, 0.3) is 0 Å². The van der Waals surface area contributed by atoms with E-state index in [0.29, 0.717) is 24.1 Å². The number of ether oxygens (including phenoxy) is 1. The summed E-state index contributed by atoms with van der Waals surface area (Å²) in [4.78, 5) is 14.0. The molecular weight excluding hydrogens is 260 g/mol. The van der Waals surface area contributed by atoms with Crippen LogP contribution in [0.3, 0.4) is 0 Å². The van der Waals surface area contributed by atoms with Gasteiger partial charge in [-0.1, -0.05) is 5.16 Å². The number of nitrogens with zero attached hydrogens (tertiary/aromatic N) is 6. The predicted octanol–water partition coefficient (Wildman–Crippen LogP) is 1.08. The lowest BCUT2D eigenvalue weighted by molar-refractivity contribution is 0.109. The molecule has 2 aromatic heterocycles. The van der Waals surface area contributed by atoms with Gasteiger partial charge >= 0.3 is 0 Å². The van der Waals surface area contributed by atoms with Crippen molar-refractivity contribution in [2.75, 3.05) is 19.1 Å². The molecular formula is C12H14N6O2. The fraction of sp³-hybridized carbons (Fsp3) is 0.417. The largest absolute Gasteiger partial charge is 0.374 e. The van der Waals surface area contributed by atoms with E-state index in [0.717, 1.165) is 0 Å². The summed E-state index contributed by atoms with van der Waals surface area (Å²) >= 11 is 0. The first-order valence-corrected chi connectivity index (χ1v) is 5.93. The lowest BCUT2D eigenvalue weighted by atomic mass is 10.4. The minimum atomic E-state index is -0.232. The lowest BCUT2D eigenvalue weighted by Gasteiger charge is -2.15. The summed E-state index contributed by atoms with van der Waals surface area (Å²) < 4.78 is 10.3. The molecule has 0 unspecified atom stereocenters. The minimum absolute atomic E-state index is 0.232. The molecule has 0 aromatic carbocycles. The van der Waals surface area contributed by atoms with Crippen LogP contribution in [0.1, 0.15) is 30.4 Å². The van der Waals surface area contributed by atoms with Crippen LogP contribution < -0.4 is 4.90 Å². The summed E-state index contributed by atoms with van der Waals surface area (Å²) in [7, 11) is 3.35. The van der Waals surface area contributed by atoms with Crippen molar-refractivity contribution in [2.24, 2.45) is 0 Å². The van der Waals surface area contributed by atoms with Gasteiger partial charge in [0.05, 0.1) is 6.54 Å². The van der Waals surface area contributed by atoms with Crippen molar-refractivity contribution in [1.82, 2.24) is 20.1 Å². The number of nitriles is 1. The number of rotatable bonds is 5. The van der Waals surface area contributed by atoms with Crippen LogP contribution >= 0.6 is 0 Å². The highest BCUT2D eigenvalue weighted by atomic mass is 16.5. The number of aromatic nitrogens is 4. The third-order valence-electron chi connectivity index (χ3n) is 2.72. The summed E-state index contributed by atoms with van der Waals surface area (Å²) in [5, 5.41) is 12.8. The van der Waals surface area contributed by atoms with E-state index in [1.54, 1.807) is 19.1 Å². The SMILES string of the molecule is CO[C@H](C)c1noc(CN(C)c2nccnc2C#N)n1. The van der Waals surface area contributed by atoms with Crippen LogP contribution in [0.15, 0.2) is 16.9 Å². The van der Waals surface area contributed by atoms with Crippen molar-refractivity contribution in [3.8, 4) is 6.07 Å². The summed E-state index contributed by atoms with van der Waals surface area (Å²) in [6, 6.07) is 1.99. The van der Waals surface area contributed by atoms with Crippen LogP contribution in [0.2, 0.25) is 0 Å². The molecule has 0 fully saturated rings. The molecule has 1 atom stereocenters. The molecule has 8 nitrogen and oxygen atoms in total. The van der Waals surface area contributed by atoms with E-state index in [9.17, 15) is 0 Å². The van der Waals surface area contributed by atoms with Crippen LogP contribution in [0, 0.1) is 11.3 Å². The maximum Gasteiger partial charge on any atom is 0.246 e. The Morgan fingerprint density at radius 2 is 2.20 bits per heavy atom. The second-order valence-corrected chi connectivity index (χ2v) is 4.12. The molecule has 0 aliphatic heterocycles. The quantitative estimate of drug-likeness (QED) is 0.798. The van der Waals surface area contributed by atoms with E-state index in [-0.39, 0.29) is 11.8 Å². The molecule has 104 valence electrons. The summed E-state index contributed by atoms with van der Waals surface area (Å²) in [6.07, 6.45) is 2.77. The standard InChI is InChI=1S/C12H14N6O2/c1-8(19-3)11-16-10(20-17-11)7-18(2)12-9(6-13)14-4-5-15-12/h4-5,8H,7H2,1-3H3/t8-/m1/s1. The van der Waals surface area contributed by atoms with Gasteiger partial charge in [-0.2, -0.15) is 10.2 Å². The molecule has 0 amide bonds. The molecule has 0 radical (unpaired) electrons. The first-order chi connectivity index (χ1) is 9.65. The summed E-state index contributed by atoms with van der Waals surface area (Å²) in [5.74, 6) is 1.37. The van der Waals surface area contributed by atoms with Crippen LogP contribution in [-0.4, -0.2) is 34.3 Å². The smallest absolute Gasteiger partial charge is 0.246 e. The normalized spacial score (nSPS) is 11.9. The number of hydrogen-bond donors (Lipinski definition) is 0. The number of methoxy groups -OCH3 is 1. The van der Waals surface area contributed by atoms with E-state index in [1.807, 2.05) is 13.0 Å². The molecule has 8 heteroatoms. The molecule has 20 heavy (non-hydrogen) atoms. The van der Waals surface area contributed by atoms with Crippen molar-refractivity contribution in [3.05, 3.63) is 29.8 Å². The molecule has 0 aliphatic rings. The lowest BCUT2D eigenvalue weighted by Crippen LogP contribution is -2.19. The molecule has 0 saturated heterocycles. The number of anilines is 1. The zero-order valence-corrected chi connectivity index (χ0v) is 11.4. The van der Waals surface area contributed by atoms with Crippen LogP contribution in [-0.2, 0) is 11.3 Å². The van der Waals surface area contributed by atoms with Crippen molar-refractivity contribution in [1.29, 1.82) is 5.26 Å². The third-order valence-corrected chi connectivity index (χ3v) is 2.72. The van der Waals surface area contributed by atoms with Gasteiger partial charge in [-0.3, -0.25) is 0 Å². The van der Waals surface area contributed by atoms with Crippen LogP contribution in [0.4, 0.5) is 5.82 Å². The maximum atomic E-state index is 9.00. The minimum Gasteiger partial charge on any atom is -0.374 e. The van der Waals surface area contributed by atoms with E-state index >= 15 is 0 Å². The Bertz CT molecular complexity index is 620. The fourth-order valence-corrected chi connectivity index (χ4v) is 1.57. The molecule has 0 bridgehead atoms. The highest BCUT2D eigenvalue weighted by Gasteiger charge is 2.16. The third kappa shape index (κ3) is 2.89. The predicted molar refractivity (Wildman–Crippen MR) is 68.6 cm³/mol. The fourth-order valence-electron chi connectivity index (χ4n) is 1.57. The number of hydrogen-bond acceptors (Lipinski definition) is 8. The van der Waals surface area contributed by atoms with E-state index < -0.39 is 0 Å². The van der Waals surface area contributed by atoms with Crippen molar-refractivity contribution < 1.29 is 9.26 Å². The van der Waals surface area contributed by atoms with Gasteiger partial charge in [0.1, 0.15) is 12.2 Å². The average Bonchev–Trinajstić information content (AvgIpc) is 2.94. The van der Waals surface area contributed by atoms with E-state index in [1.165, 1.54) is 12.4 Å². The Balaban J connectivity index is 2.14. The molecule has 0 spiro atoms. The van der Waals surface area contributed by atoms with Crippen molar-refractivity contribution in [2.45, 2.75) is 19.6 Å². The molecule has 0 aliphatic carbocycles. The second kappa shape index (κ2) is 6.08. The van der Waals surface area contributed by atoms with Gasteiger partial charge in [0.2, 0.25) is 5.89 Å². The molecule has 2 rings (SSSR count). The van der Waals surface area contributed by atoms with Crippen LogP contribution in [0.5, 0.6) is 0 Å². The monoisotopic (exact) mass is 274 g/mol. The first-order valence-electron chi connectivity index (χ1n) is 5.93. The Hall–Kier alpha value is -2.53. The highest BCUT2D eigenvalue weighted by Crippen LogP contribution is 2.16. The van der Waals surface area contributed by atoms with Gasteiger partial charge in [0.25, 0.3) is 0 Å². The molecule has 0 N–H and O–H groups in total. The summed E-state index contributed by atoms with van der Waals surface area (Å²) in [6.45, 7) is 2.16. The zero-order chi connectivity index (χ0) is 14.5.